The van der Waals surface area contributed by atoms with Crippen LogP contribution in [0.25, 0.3) is 0 Å². The molecule has 11 heteroatoms. The van der Waals surface area contributed by atoms with Crippen LogP contribution in [-0.4, -0.2) is 37.1 Å². The van der Waals surface area contributed by atoms with E-state index in [1.807, 2.05) is 0 Å². The van der Waals surface area contributed by atoms with E-state index in [0.717, 1.165) is 23.6 Å². The van der Waals surface area contributed by atoms with Crippen molar-refractivity contribution < 1.29 is 23.3 Å². The van der Waals surface area contributed by atoms with Crippen molar-refractivity contribution in [2.75, 3.05) is 4.31 Å². The Labute approximate surface area is 193 Å². The van der Waals surface area contributed by atoms with E-state index in [2.05, 4.69) is 5.32 Å². The van der Waals surface area contributed by atoms with E-state index in [1.165, 1.54) is 18.2 Å². The zero-order valence-electron chi connectivity index (χ0n) is 18.1. The van der Waals surface area contributed by atoms with E-state index in [0.29, 0.717) is 38.0 Å². The SMILES string of the molecule is NC(=O)C12CC3CC(C1)C(NC(=O)C1(N(c4ccccc4[N+](=O)[O-])S(=O)O)CCC1)C(C3)C2. The van der Waals surface area contributed by atoms with Crippen molar-refractivity contribution in [1.29, 1.82) is 0 Å². The second-order valence-corrected chi connectivity index (χ2v) is 11.1. The van der Waals surface area contributed by atoms with E-state index in [1.54, 1.807) is 6.07 Å². The highest BCUT2D eigenvalue weighted by molar-refractivity contribution is 7.80. The molecule has 33 heavy (non-hydrogen) atoms. The van der Waals surface area contributed by atoms with Gasteiger partial charge < -0.3 is 11.1 Å². The molecule has 5 saturated carbocycles. The van der Waals surface area contributed by atoms with Gasteiger partial charge in [0, 0.05) is 17.5 Å². The Morgan fingerprint density at radius 2 is 1.82 bits per heavy atom. The van der Waals surface area contributed by atoms with Gasteiger partial charge in [-0.25, -0.2) is 8.51 Å². The number of nitrogens with one attached hydrogen (secondary N) is 1. The minimum absolute atomic E-state index is 0.0454. The van der Waals surface area contributed by atoms with E-state index < -0.39 is 27.1 Å². The molecule has 5 fully saturated rings. The third-order valence-corrected chi connectivity index (χ3v) is 9.40. The van der Waals surface area contributed by atoms with E-state index in [-0.39, 0.29) is 41.1 Å². The van der Waals surface area contributed by atoms with Gasteiger partial charge in [0.1, 0.15) is 11.2 Å². The fourth-order valence-corrected chi connectivity index (χ4v) is 8.02. The smallest absolute Gasteiger partial charge is 0.293 e. The quantitative estimate of drug-likeness (QED) is 0.311. The highest BCUT2D eigenvalue weighted by atomic mass is 32.2. The first-order valence-corrected chi connectivity index (χ1v) is 12.5. The second-order valence-electron chi connectivity index (χ2n) is 10.3. The van der Waals surface area contributed by atoms with Gasteiger partial charge in [0.05, 0.1) is 4.92 Å². The van der Waals surface area contributed by atoms with Crippen LogP contribution in [-0.2, 0) is 20.9 Å². The summed E-state index contributed by atoms with van der Waals surface area (Å²) in [6, 6.07) is 5.57. The molecular formula is C22H28N4O6S. The number of nitro groups is 1. The number of nitrogens with two attached hydrogens (primary N) is 1. The first-order valence-electron chi connectivity index (χ1n) is 11.4. The molecule has 1 aromatic rings. The van der Waals surface area contributed by atoms with Crippen LogP contribution in [0.3, 0.4) is 0 Å². The first kappa shape index (κ1) is 22.3. The lowest BCUT2D eigenvalue weighted by atomic mass is 9.47. The van der Waals surface area contributed by atoms with Crippen LogP contribution in [0.15, 0.2) is 24.3 Å². The molecular weight excluding hydrogens is 448 g/mol. The Balaban J connectivity index is 1.44. The molecule has 0 heterocycles. The van der Waals surface area contributed by atoms with Gasteiger partial charge in [0.25, 0.3) is 17.0 Å². The molecule has 4 bridgehead atoms. The minimum atomic E-state index is -2.64. The fraction of sp³-hybridized carbons (Fsp3) is 0.636. The monoisotopic (exact) mass is 476 g/mol. The molecule has 6 rings (SSSR count). The summed E-state index contributed by atoms with van der Waals surface area (Å²) >= 11 is -2.64. The summed E-state index contributed by atoms with van der Waals surface area (Å²) in [5.74, 6) is 0.0995. The van der Waals surface area contributed by atoms with Crippen molar-refractivity contribution >= 4 is 34.5 Å². The number of anilines is 1. The number of nitro benzene ring substituents is 1. The largest absolute Gasteiger partial charge is 0.369 e. The maximum Gasteiger partial charge on any atom is 0.293 e. The number of amides is 2. The average molecular weight is 477 g/mol. The number of nitrogens with zero attached hydrogens (tertiary/aromatic N) is 2. The number of primary amides is 1. The van der Waals surface area contributed by atoms with Crippen molar-refractivity contribution in [2.24, 2.45) is 28.9 Å². The molecule has 3 atom stereocenters. The Morgan fingerprint density at radius 3 is 2.33 bits per heavy atom. The van der Waals surface area contributed by atoms with Gasteiger partial charge in [-0.05, 0) is 75.2 Å². The summed E-state index contributed by atoms with van der Waals surface area (Å²) in [5.41, 5.74) is 3.59. The number of carbonyl (C=O) groups is 2. The van der Waals surface area contributed by atoms with Crippen molar-refractivity contribution in [1.82, 2.24) is 5.32 Å². The predicted octanol–water partition coefficient (Wildman–Crippen LogP) is 2.26. The molecule has 5 aliphatic carbocycles. The van der Waals surface area contributed by atoms with Gasteiger partial charge in [-0.1, -0.05) is 12.1 Å². The second kappa shape index (κ2) is 7.76. The summed E-state index contributed by atoms with van der Waals surface area (Å²) in [5, 5.41) is 14.7. The number of para-hydroxylation sites is 2. The van der Waals surface area contributed by atoms with Crippen LogP contribution in [0, 0.1) is 33.3 Å². The maximum atomic E-state index is 13.7. The third-order valence-electron chi connectivity index (χ3n) is 8.54. The number of carbonyl (C=O) groups excluding carboxylic acids is 2. The number of benzene rings is 1. The molecule has 3 unspecified atom stereocenters. The van der Waals surface area contributed by atoms with Gasteiger partial charge in [-0.2, -0.15) is 0 Å². The minimum Gasteiger partial charge on any atom is -0.369 e. The standard InChI is InChI=1S/C22H28N4O6S/c23-19(27)21-10-13-8-14(11-21)18(15(9-13)12-21)24-20(28)22(6-3-7-22)25(33(31)32)16-4-1-2-5-17(16)26(29)30/h1-2,4-5,13-15,18H,3,6-12H2,(H2,23,27)(H,24,28)(H,31,32). The molecule has 0 radical (unpaired) electrons. The van der Waals surface area contributed by atoms with Gasteiger partial charge in [0.2, 0.25) is 11.8 Å². The van der Waals surface area contributed by atoms with Gasteiger partial charge >= 0.3 is 0 Å². The summed E-state index contributed by atoms with van der Waals surface area (Å²) < 4.78 is 23.6. The highest BCUT2D eigenvalue weighted by Gasteiger charge is 2.60. The van der Waals surface area contributed by atoms with Crippen molar-refractivity contribution in [3.8, 4) is 0 Å². The molecule has 0 aliphatic heterocycles. The van der Waals surface area contributed by atoms with Gasteiger partial charge in [0.15, 0.2) is 0 Å². The molecule has 178 valence electrons. The fourth-order valence-electron chi connectivity index (χ4n) is 7.14. The molecule has 10 nitrogen and oxygen atoms in total. The third kappa shape index (κ3) is 3.35. The topological polar surface area (TPSA) is 156 Å². The molecule has 5 aliphatic rings. The zero-order chi connectivity index (χ0) is 23.5. The van der Waals surface area contributed by atoms with Crippen LogP contribution < -0.4 is 15.4 Å². The van der Waals surface area contributed by atoms with Crippen LogP contribution in [0.2, 0.25) is 0 Å². The van der Waals surface area contributed by atoms with E-state index in [9.17, 15) is 28.5 Å². The Morgan fingerprint density at radius 1 is 1.18 bits per heavy atom. The Bertz CT molecular complexity index is 1030. The Kier molecular flexibility index (Phi) is 5.24. The molecule has 1 aromatic carbocycles. The van der Waals surface area contributed by atoms with Crippen molar-refractivity contribution in [3.63, 3.8) is 0 Å². The lowest BCUT2D eigenvalue weighted by molar-refractivity contribution is -0.384. The van der Waals surface area contributed by atoms with Crippen LogP contribution in [0.5, 0.6) is 0 Å². The lowest BCUT2D eigenvalue weighted by Gasteiger charge is -2.59. The van der Waals surface area contributed by atoms with E-state index in [4.69, 9.17) is 5.73 Å². The molecule has 0 saturated heterocycles. The Hall–Kier alpha value is -2.53. The molecule has 0 aromatic heterocycles. The summed E-state index contributed by atoms with van der Waals surface area (Å²) in [4.78, 5) is 36.9. The lowest BCUT2D eigenvalue weighted by Crippen LogP contribution is -2.68. The van der Waals surface area contributed by atoms with E-state index >= 15 is 0 Å². The van der Waals surface area contributed by atoms with Crippen LogP contribution in [0.1, 0.15) is 51.4 Å². The van der Waals surface area contributed by atoms with Gasteiger partial charge in [-0.3, -0.25) is 24.3 Å². The highest BCUT2D eigenvalue weighted by Crippen LogP contribution is 2.60. The van der Waals surface area contributed by atoms with Gasteiger partial charge in [-0.15, -0.1) is 0 Å². The van der Waals surface area contributed by atoms with Crippen molar-refractivity contribution in [3.05, 3.63) is 34.4 Å². The normalized spacial score (nSPS) is 34.2. The average Bonchev–Trinajstić information content (AvgIpc) is 2.72. The number of hydrogen-bond acceptors (Lipinski definition) is 5. The summed E-state index contributed by atoms with van der Waals surface area (Å²) in [6.45, 7) is 0. The first-order chi connectivity index (χ1) is 15.7. The zero-order valence-corrected chi connectivity index (χ0v) is 19.0. The molecule has 4 N–H and O–H groups in total. The number of rotatable bonds is 7. The molecule has 2 amide bonds. The van der Waals surface area contributed by atoms with Crippen LogP contribution >= 0.6 is 0 Å². The maximum absolute atomic E-state index is 13.7. The summed E-state index contributed by atoms with van der Waals surface area (Å²) in [7, 11) is 0. The predicted molar refractivity (Wildman–Crippen MR) is 120 cm³/mol. The molecule has 0 spiro atoms. The summed E-state index contributed by atoms with van der Waals surface area (Å²) in [6.07, 6.45) is 5.34. The van der Waals surface area contributed by atoms with Crippen molar-refractivity contribution in [2.45, 2.75) is 62.9 Å². The van der Waals surface area contributed by atoms with Crippen LogP contribution in [0.4, 0.5) is 11.4 Å². The number of hydrogen-bond donors (Lipinski definition) is 3.